The fourth-order valence-electron chi connectivity index (χ4n) is 2.26. The van der Waals surface area contributed by atoms with Crippen LogP contribution in [-0.2, 0) is 16.0 Å². The lowest BCUT2D eigenvalue weighted by molar-refractivity contribution is -0.137. The van der Waals surface area contributed by atoms with Gasteiger partial charge >= 0.3 is 5.97 Å². The number of hydrogen-bond donors (Lipinski definition) is 2. The molecule has 0 fully saturated rings. The summed E-state index contributed by atoms with van der Waals surface area (Å²) in [7, 11) is 3.21. The Balaban J connectivity index is 2.38. The monoisotopic (exact) mass is 323 g/mol. The van der Waals surface area contributed by atoms with Crippen molar-refractivity contribution in [3.63, 3.8) is 0 Å². The number of carboxylic acids is 1. The van der Waals surface area contributed by atoms with Crippen molar-refractivity contribution < 1.29 is 24.2 Å². The van der Waals surface area contributed by atoms with E-state index in [9.17, 15) is 9.59 Å². The zero-order valence-electron chi connectivity index (χ0n) is 13.9. The van der Waals surface area contributed by atoms with Gasteiger partial charge in [-0.2, -0.15) is 0 Å². The van der Waals surface area contributed by atoms with E-state index in [1.165, 1.54) is 0 Å². The van der Waals surface area contributed by atoms with E-state index in [-0.39, 0.29) is 18.4 Å². The molecule has 1 unspecified atom stereocenters. The van der Waals surface area contributed by atoms with Crippen molar-refractivity contribution in [3.8, 4) is 11.5 Å². The number of rotatable bonds is 10. The van der Waals surface area contributed by atoms with Crippen LogP contribution in [0.25, 0.3) is 0 Å². The Bertz CT molecular complexity index is 530. The van der Waals surface area contributed by atoms with Crippen LogP contribution in [0.5, 0.6) is 11.5 Å². The lowest BCUT2D eigenvalue weighted by Crippen LogP contribution is -2.32. The Kier molecular flexibility index (Phi) is 7.94. The number of hydrogen-bond acceptors (Lipinski definition) is 4. The lowest BCUT2D eigenvalue weighted by atomic mass is 10.1. The first-order chi connectivity index (χ1) is 11.0. The van der Waals surface area contributed by atoms with Gasteiger partial charge in [0.15, 0.2) is 0 Å². The van der Waals surface area contributed by atoms with Crippen molar-refractivity contribution in [1.29, 1.82) is 0 Å². The van der Waals surface area contributed by atoms with Crippen LogP contribution < -0.4 is 14.8 Å². The van der Waals surface area contributed by atoms with Crippen molar-refractivity contribution in [1.82, 2.24) is 5.32 Å². The van der Waals surface area contributed by atoms with Gasteiger partial charge in [-0.05, 0) is 37.8 Å². The Morgan fingerprint density at radius 3 is 2.57 bits per heavy atom. The zero-order chi connectivity index (χ0) is 17.2. The maximum absolute atomic E-state index is 11.8. The number of carbonyl (C=O) groups excluding carboxylic acids is 1. The highest BCUT2D eigenvalue weighted by Gasteiger charge is 2.10. The first-order valence-corrected chi connectivity index (χ1v) is 7.68. The van der Waals surface area contributed by atoms with Crippen LogP contribution in [0.15, 0.2) is 18.2 Å². The molecule has 1 rings (SSSR count). The second-order valence-corrected chi connectivity index (χ2v) is 5.43. The van der Waals surface area contributed by atoms with E-state index in [1.54, 1.807) is 14.2 Å². The maximum Gasteiger partial charge on any atom is 0.303 e. The summed E-state index contributed by atoms with van der Waals surface area (Å²) in [6, 6.07) is 5.49. The molecule has 23 heavy (non-hydrogen) atoms. The van der Waals surface area contributed by atoms with E-state index in [2.05, 4.69) is 5.32 Å². The highest BCUT2D eigenvalue weighted by molar-refractivity contribution is 5.76. The minimum atomic E-state index is -0.849. The van der Waals surface area contributed by atoms with Gasteiger partial charge in [0.1, 0.15) is 11.5 Å². The average Bonchev–Trinajstić information content (AvgIpc) is 2.53. The molecule has 1 aromatic rings. The van der Waals surface area contributed by atoms with Crippen LogP contribution in [0.1, 0.15) is 38.2 Å². The second kappa shape index (κ2) is 9.71. The molecule has 0 bridgehead atoms. The fourth-order valence-corrected chi connectivity index (χ4v) is 2.26. The third-order valence-electron chi connectivity index (χ3n) is 3.54. The predicted molar refractivity (Wildman–Crippen MR) is 87.0 cm³/mol. The molecule has 0 aliphatic heterocycles. The van der Waals surface area contributed by atoms with Gasteiger partial charge in [0.2, 0.25) is 5.91 Å². The molecule has 0 spiro atoms. The molecule has 0 heterocycles. The van der Waals surface area contributed by atoms with E-state index in [1.807, 2.05) is 25.1 Å². The van der Waals surface area contributed by atoms with Gasteiger partial charge in [-0.1, -0.05) is 6.07 Å². The second-order valence-electron chi connectivity index (χ2n) is 5.43. The smallest absolute Gasteiger partial charge is 0.303 e. The number of carbonyl (C=O) groups is 2. The lowest BCUT2D eigenvalue weighted by Gasteiger charge is -2.13. The molecule has 0 radical (unpaired) electrons. The third-order valence-corrected chi connectivity index (χ3v) is 3.54. The van der Waals surface area contributed by atoms with Gasteiger partial charge in [-0.25, -0.2) is 0 Å². The summed E-state index contributed by atoms with van der Waals surface area (Å²) in [6.07, 6.45) is 2.31. The molecule has 0 aromatic heterocycles. The van der Waals surface area contributed by atoms with E-state index < -0.39 is 5.97 Å². The average molecular weight is 323 g/mol. The Morgan fingerprint density at radius 1 is 1.22 bits per heavy atom. The van der Waals surface area contributed by atoms with E-state index >= 15 is 0 Å². The molecule has 1 atom stereocenters. The predicted octanol–water partition coefficient (Wildman–Crippen LogP) is 2.40. The van der Waals surface area contributed by atoms with Crippen LogP contribution in [0, 0.1) is 0 Å². The molecule has 6 heteroatoms. The van der Waals surface area contributed by atoms with Gasteiger partial charge in [-0.15, -0.1) is 0 Å². The van der Waals surface area contributed by atoms with E-state index in [0.29, 0.717) is 19.3 Å². The number of ether oxygens (including phenoxy) is 2. The quantitative estimate of drug-likeness (QED) is 0.690. The van der Waals surface area contributed by atoms with Gasteiger partial charge in [0.05, 0.1) is 14.2 Å². The number of amides is 1. The summed E-state index contributed by atoms with van der Waals surface area (Å²) in [5, 5.41) is 11.4. The van der Waals surface area contributed by atoms with Crippen molar-refractivity contribution in [2.24, 2.45) is 0 Å². The SMILES string of the molecule is COc1ccc(CCCC(=O)NC(C)CCC(=O)O)c(OC)c1. The molecule has 1 aromatic carbocycles. The molecule has 2 N–H and O–H groups in total. The highest BCUT2D eigenvalue weighted by atomic mass is 16.5. The van der Waals surface area contributed by atoms with Crippen LogP contribution in [-0.4, -0.2) is 37.2 Å². The number of aryl methyl sites for hydroxylation is 1. The Hall–Kier alpha value is -2.24. The summed E-state index contributed by atoms with van der Waals surface area (Å²) in [5.41, 5.74) is 1.03. The summed E-state index contributed by atoms with van der Waals surface area (Å²) in [4.78, 5) is 22.3. The summed E-state index contributed by atoms with van der Waals surface area (Å²) in [6.45, 7) is 1.81. The molecule has 0 aliphatic rings. The number of nitrogens with one attached hydrogen (secondary N) is 1. The van der Waals surface area contributed by atoms with Crippen LogP contribution in [0.4, 0.5) is 0 Å². The van der Waals surface area contributed by atoms with Crippen molar-refractivity contribution in [3.05, 3.63) is 23.8 Å². The summed E-state index contributed by atoms with van der Waals surface area (Å²) in [5.74, 6) is 0.572. The standard InChI is InChI=1S/C17H25NO5/c1-12(7-10-17(20)21)18-16(19)6-4-5-13-8-9-14(22-2)11-15(13)23-3/h8-9,11-12H,4-7,10H2,1-3H3,(H,18,19)(H,20,21). The first kappa shape index (κ1) is 18.8. The van der Waals surface area contributed by atoms with Gasteiger partial charge in [0, 0.05) is 24.9 Å². The first-order valence-electron chi connectivity index (χ1n) is 7.68. The minimum Gasteiger partial charge on any atom is -0.497 e. The molecule has 128 valence electrons. The zero-order valence-corrected chi connectivity index (χ0v) is 13.9. The number of carboxylic acid groups (broad SMARTS) is 1. The fraction of sp³-hybridized carbons (Fsp3) is 0.529. The summed E-state index contributed by atoms with van der Waals surface area (Å²) < 4.78 is 10.5. The van der Waals surface area contributed by atoms with Gasteiger partial charge < -0.3 is 19.9 Å². The molecule has 1 amide bonds. The van der Waals surface area contributed by atoms with E-state index in [4.69, 9.17) is 14.6 Å². The highest BCUT2D eigenvalue weighted by Crippen LogP contribution is 2.25. The van der Waals surface area contributed by atoms with Gasteiger partial charge in [-0.3, -0.25) is 9.59 Å². The van der Waals surface area contributed by atoms with Crippen LogP contribution >= 0.6 is 0 Å². The molecule has 0 saturated heterocycles. The van der Waals surface area contributed by atoms with Crippen LogP contribution in [0.3, 0.4) is 0 Å². The van der Waals surface area contributed by atoms with Gasteiger partial charge in [0.25, 0.3) is 0 Å². The molecule has 6 nitrogen and oxygen atoms in total. The molecular weight excluding hydrogens is 298 g/mol. The number of methoxy groups -OCH3 is 2. The summed E-state index contributed by atoms with van der Waals surface area (Å²) >= 11 is 0. The largest absolute Gasteiger partial charge is 0.497 e. The normalized spacial score (nSPS) is 11.6. The molecule has 0 aliphatic carbocycles. The maximum atomic E-state index is 11.8. The van der Waals surface area contributed by atoms with Crippen molar-refractivity contribution in [2.75, 3.05) is 14.2 Å². The Morgan fingerprint density at radius 2 is 1.96 bits per heavy atom. The Labute approximate surface area is 136 Å². The van der Waals surface area contributed by atoms with Crippen molar-refractivity contribution in [2.45, 2.75) is 45.1 Å². The third kappa shape index (κ3) is 7.04. The van der Waals surface area contributed by atoms with E-state index in [0.717, 1.165) is 23.5 Å². The van der Waals surface area contributed by atoms with Crippen LogP contribution in [0.2, 0.25) is 0 Å². The topological polar surface area (TPSA) is 84.9 Å². The minimum absolute atomic E-state index is 0.0598. The number of benzene rings is 1. The van der Waals surface area contributed by atoms with Crippen molar-refractivity contribution >= 4 is 11.9 Å². The molecular formula is C17H25NO5. The number of aliphatic carboxylic acids is 1. The molecule has 0 saturated carbocycles.